The number of hydrogen-bond donors (Lipinski definition) is 0. The zero-order valence-electron chi connectivity index (χ0n) is 18.8. The van der Waals surface area contributed by atoms with Gasteiger partial charge in [0.2, 0.25) is 11.4 Å². The first-order valence-electron chi connectivity index (χ1n) is 11.5. The lowest BCUT2D eigenvalue weighted by molar-refractivity contribution is -0.682. The molecule has 3 heterocycles. The number of benzene rings is 3. The standard InChI is InChI=1S/C31H26N2/c1-23-15-17-30-28-13-7-6-12-27(28)22-33-20-25(24-9-3-2-4-10-24)16-18-31(33)29-14-8-5-11-26(29)21-32(30)19-23/h2-20H,21-22H2,1H3/q+2. The molecule has 6 rings (SSSR count). The van der Waals surface area contributed by atoms with Crippen LogP contribution in [0.1, 0.15) is 16.7 Å². The Labute approximate surface area is 195 Å². The van der Waals surface area contributed by atoms with Crippen LogP contribution in [0.15, 0.2) is 116 Å². The smallest absolute Gasteiger partial charge is 0.194 e. The molecule has 0 fully saturated rings. The molecule has 0 saturated heterocycles. The van der Waals surface area contributed by atoms with Crippen LogP contribution in [-0.4, -0.2) is 0 Å². The van der Waals surface area contributed by atoms with Crippen LogP contribution >= 0.6 is 0 Å². The largest absolute Gasteiger partial charge is 0.213 e. The number of aromatic nitrogens is 2. The minimum Gasteiger partial charge on any atom is -0.194 e. The first-order valence-corrected chi connectivity index (χ1v) is 11.5. The predicted octanol–water partition coefficient (Wildman–Crippen LogP) is 5.98. The first kappa shape index (κ1) is 19.6. The number of pyridine rings is 2. The van der Waals surface area contributed by atoms with Gasteiger partial charge in [0.25, 0.3) is 0 Å². The van der Waals surface area contributed by atoms with Gasteiger partial charge < -0.3 is 0 Å². The summed E-state index contributed by atoms with van der Waals surface area (Å²) in [6, 6.07) is 37.3. The summed E-state index contributed by atoms with van der Waals surface area (Å²) in [6.07, 6.45) is 4.58. The lowest BCUT2D eigenvalue weighted by atomic mass is 9.97. The summed E-state index contributed by atoms with van der Waals surface area (Å²) in [5.74, 6) is 0. The molecule has 0 saturated carbocycles. The van der Waals surface area contributed by atoms with Crippen molar-refractivity contribution >= 4 is 0 Å². The average Bonchev–Trinajstić information content (AvgIpc) is 2.86. The van der Waals surface area contributed by atoms with E-state index in [-0.39, 0.29) is 0 Å². The Balaban J connectivity index is 1.62. The van der Waals surface area contributed by atoms with Crippen LogP contribution in [0.25, 0.3) is 33.6 Å². The van der Waals surface area contributed by atoms with Gasteiger partial charge in [0.05, 0.1) is 11.1 Å². The van der Waals surface area contributed by atoms with Gasteiger partial charge in [-0.2, -0.15) is 9.13 Å². The quantitative estimate of drug-likeness (QED) is 0.286. The number of hydrogen-bond acceptors (Lipinski definition) is 0. The predicted molar refractivity (Wildman–Crippen MR) is 133 cm³/mol. The molecule has 33 heavy (non-hydrogen) atoms. The Kier molecular flexibility index (Phi) is 4.84. The van der Waals surface area contributed by atoms with Gasteiger partial charge >= 0.3 is 0 Å². The van der Waals surface area contributed by atoms with Crippen LogP contribution in [0.5, 0.6) is 0 Å². The molecule has 0 aliphatic carbocycles. The molecular formula is C31H26N2+2. The Bertz CT molecular complexity index is 1470. The molecular weight excluding hydrogens is 400 g/mol. The lowest BCUT2D eigenvalue weighted by Gasteiger charge is -2.15. The molecule has 0 spiro atoms. The van der Waals surface area contributed by atoms with E-state index in [0.717, 1.165) is 13.1 Å². The molecule has 5 aromatic rings. The van der Waals surface area contributed by atoms with Gasteiger partial charge in [-0.05, 0) is 36.8 Å². The molecule has 0 radical (unpaired) electrons. The monoisotopic (exact) mass is 426 g/mol. The number of fused-ring (bicyclic) bond motifs is 6. The third kappa shape index (κ3) is 3.64. The van der Waals surface area contributed by atoms with Crippen LogP contribution in [0, 0.1) is 6.92 Å². The third-order valence-electron chi connectivity index (χ3n) is 6.57. The summed E-state index contributed by atoms with van der Waals surface area (Å²) >= 11 is 0. The molecule has 0 atom stereocenters. The Morgan fingerprint density at radius 2 is 1.03 bits per heavy atom. The van der Waals surface area contributed by atoms with Crippen LogP contribution in [-0.2, 0) is 13.1 Å². The maximum atomic E-state index is 2.42. The van der Waals surface area contributed by atoms with E-state index in [1.165, 1.54) is 50.3 Å². The molecule has 2 aromatic heterocycles. The summed E-state index contributed by atoms with van der Waals surface area (Å²) in [5.41, 5.74) is 11.5. The minimum absolute atomic E-state index is 0.814. The van der Waals surface area contributed by atoms with E-state index in [0.29, 0.717) is 0 Å². The zero-order chi connectivity index (χ0) is 22.2. The molecule has 158 valence electrons. The number of rotatable bonds is 1. The van der Waals surface area contributed by atoms with Gasteiger partial charge in [-0.3, -0.25) is 0 Å². The fourth-order valence-corrected chi connectivity index (χ4v) is 4.94. The topological polar surface area (TPSA) is 7.76 Å². The number of aryl methyl sites for hydroxylation is 1. The second kappa shape index (κ2) is 8.14. The van der Waals surface area contributed by atoms with E-state index in [9.17, 15) is 0 Å². The van der Waals surface area contributed by atoms with Crippen LogP contribution in [0.3, 0.4) is 0 Å². The van der Waals surface area contributed by atoms with Crippen molar-refractivity contribution in [3.05, 3.63) is 132 Å². The number of nitrogens with zero attached hydrogens (tertiary/aromatic N) is 2. The van der Waals surface area contributed by atoms with Gasteiger partial charge in [-0.25, -0.2) is 0 Å². The highest BCUT2D eigenvalue weighted by atomic mass is 15.0. The van der Waals surface area contributed by atoms with Gasteiger partial charge in [0, 0.05) is 34.4 Å². The second-order valence-corrected chi connectivity index (χ2v) is 8.83. The van der Waals surface area contributed by atoms with E-state index in [4.69, 9.17) is 0 Å². The summed E-state index contributed by atoms with van der Waals surface area (Å²) in [7, 11) is 0. The highest BCUT2D eigenvalue weighted by Crippen LogP contribution is 2.28. The molecule has 0 unspecified atom stereocenters. The Morgan fingerprint density at radius 3 is 1.70 bits per heavy atom. The zero-order valence-corrected chi connectivity index (χ0v) is 18.8. The highest BCUT2D eigenvalue weighted by Gasteiger charge is 2.26. The summed E-state index contributed by atoms with van der Waals surface area (Å²) in [5, 5.41) is 0. The SMILES string of the molecule is Cc1ccc2[n+](c1)Cc1ccccc1-c1ccc(-c3ccccc3)c[n+]1Cc1ccccc1-2. The average molecular weight is 427 g/mol. The summed E-state index contributed by atoms with van der Waals surface area (Å²) in [6.45, 7) is 3.82. The molecule has 2 heteroatoms. The molecule has 0 N–H and O–H groups in total. The van der Waals surface area contributed by atoms with Crippen molar-refractivity contribution in [3.8, 4) is 33.6 Å². The molecule has 2 nitrogen and oxygen atoms in total. The van der Waals surface area contributed by atoms with Gasteiger partial charge in [-0.1, -0.05) is 66.7 Å². The lowest BCUT2D eigenvalue weighted by Crippen LogP contribution is -2.41. The Hall–Kier alpha value is -4.04. The van der Waals surface area contributed by atoms with Crippen LogP contribution < -0.4 is 9.13 Å². The van der Waals surface area contributed by atoms with E-state index in [2.05, 4.69) is 132 Å². The fourth-order valence-electron chi connectivity index (χ4n) is 4.94. The van der Waals surface area contributed by atoms with Gasteiger partial charge in [0.15, 0.2) is 25.5 Å². The third-order valence-corrected chi connectivity index (χ3v) is 6.57. The van der Waals surface area contributed by atoms with Crippen molar-refractivity contribution < 1.29 is 9.13 Å². The van der Waals surface area contributed by atoms with Crippen molar-refractivity contribution in [2.45, 2.75) is 20.0 Å². The first-order chi connectivity index (χ1) is 16.3. The molecule has 1 aliphatic rings. The van der Waals surface area contributed by atoms with Crippen molar-refractivity contribution in [2.75, 3.05) is 0 Å². The van der Waals surface area contributed by atoms with Gasteiger partial charge in [-0.15, -0.1) is 0 Å². The van der Waals surface area contributed by atoms with Crippen LogP contribution in [0.2, 0.25) is 0 Å². The second-order valence-electron chi connectivity index (χ2n) is 8.83. The summed E-state index contributed by atoms with van der Waals surface area (Å²) < 4.78 is 4.82. The van der Waals surface area contributed by atoms with Crippen molar-refractivity contribution in [1.82, 2.24) is 0 Å². The van der Waals surface area contributed by atoms with Gasteiger partial charge in [0.1, 0.15) is 0 Å². The Morgan fingerprint density at radius 1 is 0.485 bits per heavy atom. The maximum Gasteiger partial charge on any atom is 0.213 e. The van der Waals surface area contributed by atoms with Crippen molar-refractivity contribution in [3.63, 3.8) is 0 Å². The van der Waals surface area contributed by atoms with E-state index in [1.807, 2.05) is 0 Å². The van der Waals surface area contributed by atoms with Crippen molar-refractivity contribution in [1.29, 1.82) is 0 Å². The van der Waals surface area contributed by atoms with Crippen LogP contribution in [0.4, 0.5) is 0 Å². The molecule has 3 aromatic carbocycles. The van der Waals surface area contributed by atoms with Crippen molar-refractivity contribution in [2.24, 2.45) is 0 Å². The summed E-state index contributed by atoms with van der Waals surface area (Å²) in [4.78, 5) is 0. The normalized spacial score (nSPS) is 12.2. The highest BCUT2D eigenvalue weighted by molar-refractivity contribution is 5.67. The van der Waals surface area contributed by atoms with E-state index >= 15 is 0 Å². The molecule has 1 aliphatic heterocycles. The molecule has 0 bridgehead atoms. The van der Waals surface area contributed by atoms with E-state index < -0.39 is 0 Å². The molecule has 0 amide bonds. The minimum atomic E-state index is 0.814. The van der Waals surface area contributed by atoms with E-state index in [1.54, 1.807) is 0 Å². The fraction of sp³-hybridized carbons (Fsp3) is 0.0968. The maximum absolute atomic E-state index is 2.42.